The van der Waals surface area contributed by atoms with Gasteiger partial charge in [-0.1, -0.05) is 109 Å². The molecule has 166 valence electrons. The minimum Gasteiger partial charge on any atom is -0.240 e. The summed E-state index contributed by atoms with van der Waals surface area (Å²) in [7, 11) is 0. The summed E-state index contributed by atoms with van der Waals surface area (Å²) in [6.45, 7) is 2.26. The van der Waals surface area contributed by atoms with Gasteiger partial charge in [-0.05, 0) is 35.9 Å². The lowest BCUT2D eigenvalue weighted by atomic mass is 9.99. The zero-order valence-corrected chi connectivity index (χ0v) is 21.7. The average molecular weight is 526 g/mol. The first-order chi connectivity index (χ1) is 15.7. The predicted molar refractivity (Wildman–Crippen MR) is 144 cm³/mol. The smallest absolute Gasteiger partial charge is 0.116 e. The number of nitrogens with zero attached hydrogens (tertiary/aromatic N) is 2. The Bertz CT molecular complexity index is 1010. The first-order valence-corrected chi connectivity index (χ1v) is 14.1. The van der Waals surface area contributed by atoms with Gasteiger partial charge < -0.3 is 0 Å². The van der Waals surface area contributed by atoms with Crippen LogP contribution in [0, 0.1) is 11.3 Å². The van der Waals surface area contributed by atoms with Crippen molar-refractivity contribution < 1.29 is 0 Å². The van der Waals surface area contributed by atoms with E-state index >= 15 is 0 Å². The van der Waals surface area contributed by atoms with Gasteiger partial charge in [-0.2, -0.15) is 17.0 Å². The molecule has 0 fully saturated rings. The standard InChI is InChI=1S/C27H29BrN2S2/c1-2-3-4-5-6-10-17-31-20-32-27-25(19-29)24(21-11-8-7-9-12-21)18-26(30-27)22-13-15-23(28)16-14-22/h7-9,11-16,18H,2-6,10,17,20H2,1H3. The molecule has 32 heavy (non-hydrogen) atoms. The summed E-state index contributed by atoms with van der Waals surface area (Å²) < 4.78 is 1.04. The fraction of sp³-hybridized carbons (Fsp3) is 0.333. The van der Waals surface area contributed by atoms with Crippen molar-refractivity contribution in [3.05, 3.63) is 70.7 Å². The van der Waals surface area contributed by atoms with E-state index in [2.05, 4.69) is 53.2 Å². The molecular weight excluding hydrogens is 496 g/mol. The molecule has 3 rings (SSSR count). The topological polar surface area (TPSA) is 36.7 Å². The molecule has 0 atom stereocenters. The Kier molecular flexibility index (Phi) is 10.7. The molecule has 0 aliphatic rings. The van der Waals surface area contributed by atoms with E-state index in [0.29, 0.717) is 5.56 Å². The molecule has 1 heterocycles. The highest BCUT2D eigenvalue weighted by molar-refractivity contribution is 9.10. The number of benzene rings is 2. The van der Waals surface area contributed by atoms with Gasteiger partial charge in [-0.15, -0.1) is 0 Å². The van der Waals surface area contributed by atoms with Crippen molar-refractivity contribution in [2.75, 3.05) is 10.8 Å². The maximum Gasteiger partial charge on any atom is 0.116 e. The summed E-state index contributed by atoms with van der Waals surface area (Å²) in [5.74, 6) is 1.17. The Morgan fingerprint density at radius 3 is 2.34 bits per heavy atom. The number of hydrogen-bond acceptors (Lipinski definition) is 4. The molecule has 0 spiro atoms. The largest absolute Gasteiger partial charge is 0.240 e. The van der Waals surface area contributed by atoms with E-state index in [-0.39, 0.29) is 0 Å². The molecule has 1 aromatic heterocycles. The van der Waals surface area contributed by atoms with Crippen LogP contribution in [-0.4, -0.2) is 15.8 Å². The lowest BCUT2D eigenvalue weighted by molar-refractivity contribution is 0.627. The van der Waals surface area contributed by atoms with Crippen LogP contribution in [-0.2, 0) is 0 Å². The zero-order valence-electron chi connectivity index (χ0n) is 18.5. The molecular formula is C27H29BrN2S2. The minimum absolute atomic E-state index is 0.669. The second-order valence-corrected chi connectivity index (χ2v) is 11.0. The predicted octanol–water partition coefficient (Wildman–Crippen LogP) is 9.19. The average Bonchev–Trinajstić information content (AvgIpc) is 2.83. The molecule has 0 saturated heterocycles. The Hall–Kier alpha value is -1.74. The number of nitriles is 1. The molecule has 0 bridgehead atoms. The van der Waals surface area contributed by atoms with Gasteiger partial charge in [-0.3, -0.25) is 0 Å². The van der Waals surface area contributed by atoms with Gasteiger partial charge >= 0.3 is 0 Å². The van der Waals surface area contributed by atoms with E-state index in [1.807, 2.05) is 48.2 Å². The number of pyridine rings is 1. The second-order valence-electron chi connectivity index (χ2n) is 7.66. The number of thioether (sulfide) groups is 2. The highest BCUT2D eigenvalue weighted by Gasteiger charge is 2.15. The van der Waals surface area contributed by atoms with Crippen molar-refractivity contribution >= 4 is 39.5 Å². The van der Waals surface area contributed by atoms with Gasteiger partial charge in [0.25, 0.3) is 0 Å². The third-order valence-corrected chi connectivity index (χ3v) is 8.06. The van der Waals surface area contributed by atoms with Crippen LogP contribution < -0.4 is 0 Å². The maximum absolute atomic E-state index is 9.99. The molecule has 0 amide bonds. The van der Waals surface area contributed by atoms with Crippen molar-refractivity contribution in [2.24, 2.45) is 0 Å². The number of unbranched alkanes of at least 4 members (excludes halogenated alkanes) is 5. The molecule has 0 N–H and O–H groups in total. The monoisotopic (exact) mass is 524 g/mol. The fourth-order valence-electron chi connectivity index (χ4n) is 3.49. The van der Waals surface area contributed by atoms with Crippen molar-refractivity contribution in [3.8, 4) is 28.5 Å². The molecule has 2 aromatic carbocycles. The SMILES string of the molecule is CCCCCCCCSCSc1nc(-c2ccc(Br)cc2)cc(-c2ccccc2)c1C#N. The normalized spacial score (nSPS) is 10.8. The third kappa shape index (κ3) is 7.40. The molecule has 0 saturated carbocycles. The van der Waals surface area contributed by atoms with Gasteiger partial charge in [0.15, 0.2) is 0 Å². The van der Waals surface area contributed by atoms with Crippen molar-refractivity contribution in [2.45, 2.75) is 50.5 Å². The van der Waals surface area contributed by atoms with Crippen LogP contribution >= 0.6 is 39.5 Å². The first-order valence-electron chi connectivity index (χ1n) is 11.2. The van der Waals surface area contributed by atoms with E-state index in [1.165, 1.54) is 44.3 Å². The van der Waals surface area contributed by atoms with Gasteiger partial charge in [0.05, 0.1) is 11.3 Å². The molecule has 0 aliphatic heterocycles. The van der Waals surface area contributed by atoms with E-state index in [1.54, 1.807) is 11.8 Å². The molecule has 5 heteroatoms. The summed E-state index contributed by atoms with van der Waals surface area (Å²) in [6, 6.07) is 22.8. The highest BCUT2D eigenvalue weighted by Crippen LogP contribution is 2.35. The summed E-state index contributed by atoms with van der Waals surface area (Å²) >= 11 is 7.14. The van der Waals surface area contributed by atoms with Crippen LogP contribution in [0.2, 0.25) is 0 Å². The van der Waals surface area contributed by atoms with E-state index < -0.39 is 0 Å². The van der Waals surface area contributed by atoms with Crippen LogP contribution in [0.5, 0.6) is 0 Å². The van der Waals surface area contributed by atoms with E-state index in [4.69, 9.17) is 4.98 Å². The van der Waals surface area contributed by atoms with Gasteiger partial charge in [0.1, 0.15) is 11.1 Å². The Labute approximate surface area is 209 Å². The first kappa shape index (κ1) is 24.9. The zero-order chi connectivity index (χ0) is 22.6. The van der Waals surface area contributed by atoms with Crippen LogP contribution in [0.4, 0.5) is 0 Å². The Morgan fingerprint density at radius 2 is 1.62 bits per heavy atom. The van der Waals surface area contributed by atoms with Crippen LogP contribution in [0.3, 0.4) is 0 Å². The lowest BCUT2D eigenvalue weighted by Gasteiger charge is -2.12. The summed E-state index contributed by atoms with van der Waals surface area (Å²) in [5, 5.41) is 11.7. The van der Waals surface area contributed by atoms with Crippen LogP contribution in [0.1, 0.15) is 51.0 Å². The lowest BCUT2D eigenvalue weighted by Crippen LogP contribution is -1.96. The second kappa shape index (κ2) is 13.7. The van der Waals surface area contributed by atoms with Gasteiger partial charge in [0, 0.05) is 20.7 Å². The highest BCUT2D eigenvalue weighted by atomic mass is 79.9. The fourth-order valence-corrected chi connectivity index (χ4v) is 5.88. The molecule has 0 radical (unpaired) electrons. The summed E-state index contributed by atoms with van der Waals surface area (Å²) in [5.41, 5.74) is 4.62. The minimum atomic E-state index is 0.669. The number of rotatable bonds is 12. The number of hydrogen-bond donors (Lipinski definition) is 0. The molecule has 3 aromatic rings. The number of aromatic nitrogens is 1. The van der Waals surface area contributed by atoms with E-state index in [0.717, 1.165) is 37.0 Å². The van der Waals surface area contributed by atoms with E-state index in [9.17, 15) is 5.26 Å². The Morgan fingerprint density at radius 1 is 0.906 bits per heavy atom. The Balaban J connectivity index is 1.76. The molecule has 0 aliphatic carbocycles. The number of halogens is 1. The van der Waals surface area contributed by atoms with Gasteiger partial charge in [0.2, 0.25) is 0 Å². The van der Waals surface area contributed by atoms with Crippen LogP contribution in [0.15, 0.2) is 70.2 Å². The van der Waals surface area contributed by atoms with Gasteiger partial charge in [-0.25, -0.2) is 4.98 Å². The van der Waals surface area contributed by atoms with Crippen molar-refractivity contribution in [1.82, 2.24) is 4.98 Å². The summed E-state index contributed by atoms with van der Waals surface area (Å²) in [6.07, 6.45) is 7.93. The van der Waals surface area contributed by atoms with Crippen molar-refractivity contribution in [3.63, 3.8) is 0 Å². The molecule has 2 nitrogen and oxygen atoms in total. The molecule has 0 unspecified atom stereocenters. The summed E-state index contributed by atoms with van der Waals surface area (Å²) in [4.78, 5) is 4.91. The van der Waals surface area contributed by atoms with Crippen LogP contribution in [0.25, 0.3) is 22.4 Å². The van der Waals surface area contributed by atoms with Crippen molar-refractivity contribution in [1.29, 1.82) is 5.26 Å². The third-order valence-electron chi connectivity index (χ3n) is 5.24. The quantitative estimate of drug-likeness (QED) is 0.134. The maximum atomic E-state index is 9.99.